The van der Waals surface area contributed by atoms with Gasteiger partial charge in [-0.05, 0) is 63.2 Å². The van der Waals surface area contributed by atoms with Crippen molar-refractivity contribution < 1.29 is 23.1 Å². The zero-order valence-electron chi connectivity index (χ0n) is 34.4. The molecule has 5 nitrogen and oxygen atoms in total. The summed E-state index contributed by atoms with van der Waals surface area (Å²) in [7, 11) is -3.19. The molecule has 0 amide bonds. The first kappa shape index (κ1) is 42.7. The minimum atomic E-state index is -2.90. The monoisotopic (exact) mass is 754 g/mol. The lowest BCUT2D eigenvalue weighted by atomic mass is 9.94. The predicted molar refractivity (Wildman–Crippen MR) is 226 cm³/mol. The van der Waals surface area contributed by atoms with Crippen LogP contribution < -0.4 is 15.1 Å². The molecular weight excluding hydrogens is 689 g/mol. The van der Waals surface area contributed by atoms with E-state index in [-0.39, 0.29) is 34.1 Å². The summed E-state index contributed by atoms with van der Waals surface area (Å²) >= 11 is 0. The minimum Gasteiger partial charge on any atom is -0.497 e. The van der Waals surface area contributed by atoms with Gasteiger partial charge in [0.2, 0.25) is 0 Å². The molecular formula is C46H66O5Si2. The van der Waals surface area contributed by atoms with E-state index in [1.54, 1.807) is 7.11 Å². The van der Waals surface area contributed by atoms with E-state index >= 15 is 0 Å². The second kappa shape index (κ2) is 19.0. The summed E-state index contributed by atoms with van der Waals surface area (Å²) < 4.78 is 33.6. The number of benzene rings is 4. The Bertz CT molecular complexity index is 1580. The largest absolute Gasteiger partial charge is 0.497 e. The Labute approximate surface area is 323 Å². The highest BCUT2D eigenvalue weighted by Gasteiger charge is 2.52. The fraction of sp³-hybridized carbons (Fsp3) is 0.478. The first-order chi connectivity index (χ1) is 25.1. The Kier molecular flexibility index (Phi) is 15.3. The van der Waals surface area contributed by atoms with Crippen molar-refractivity contribution in [3.63, 3.8) is 0 Å². The molecule has 0 unspecified atom stereocenters. The van der Waals surface area contributed by atoms with Crippen LogP contribution in [-0.2, 0) is 31.5 Å². The molecule has 4 aromatic rings. The molecule has 0 aliphatic rings. The number of ether oxygens (including phenoxy) is 3. The molecule has 7 heteroatoms. The molecule has 0 spiro atoms. The molecule has 0 saturated heterocycles. The van der Waals surface area contributed by atoms with Gasteiger partial charge in [-0.2, -0.15) is 0 Å². The molecule has 4 rings (SSSR count). The van der Waals surface area contributed by atoms with E-state index in [2.05, 4.69) is 166 Å². The van der Waals surface area contributed by atoms with Gasteiger partial charge in [-0.3, -0.25) is 0 Å². The fourth-order valence-corrected chi connectivity index (χ4v) is 12.6. The maximum atomic E-state index is 7.93. The Morgan fingerprint density at radius 1 is 0.566 bits per heavy atom. The second-order valence-corrected chi connectivity index (χ2v) is 26.3. The normalized spacial score (nSPS) is 15.1. The smallest absolute Gasteiger partial charge is 0.261 e. The summed E-state index contributed by atoms with van der Waals surface area (Å²) in [5, 5.41) is 2.48. The molecule has 0 aliphatic carbocycles. The van der Waals surface area contributed by atoms with Crippen molar-refractivity contribution in [3.05, 3.63) is 126 Å². The minimum absolute atomic E-state index is 0.0842. The van der Waals surface area contributed by atoms with Gasteiger partial charge < -0.3 is 23.1 Å². The maximum absolute atomic E-state index is 7.93. The van der Waals surface area contributed by atoms with Crippen molar-refractivity contribution in [2.75, 3.05) is 20.3 Å². The van der Waals surface area contributed by atoms with Crippen LogP contribution in [0.4, 0.5) is 0 Å². The van der Waals surface area contributed by atoms with Gasteiger partial charge in [0.05, 0.1) is 39.1 Å². The van der Waals surface area contributed by atoms with E-state index in [9.17, 15) is 0 Å². The maximum Gasteiger partial charge on any atom is 0.261 e. The summed E-state index contributed by atoms with van der Waals surface area (Å²) in [5.41, 5.74) is 2.28. The van der Waals surface area contributed by atoms with Crippen molar-refractivity contribution in [3.8, 4) is 5.75 Å². The van der Waals surface area contributed by atoms with E-state index < -0.39 is 16.6 Å². The topological polar surface area (TPSA) is 46.2 Å². The van der Waals surface area contributed by atoms with Crippen LogP contribution >= 0.6 is 0 Å². The van der Waals surface area contributed by atoms with Gasteiger partial charge >= 0.3 is 0 Å². The molecule has 4 atom stereocenters. The van der Waals surface area contributed by atoms with E-state index in [1.807, 2.05) is 18.2 Å². The van der Waals surface area contributed by atoms with Crippen LogP contribution in [0.25, 0.3) is 0 Å². The third kappa shape index (κ3) is 11.5. The molecule has 53 heavy (non-hydrogen) atoms. The zero-order valence-corrected chi connectivity index (χ0v) is 36.4. The van der Waals surface area contributed by atoms with Crippen LogP contribution in [0.15, 0.2) is 115 Å². The molecule has 0 aromatic heterocycles. The lowest BCUT2D eigenvalue weighted by Gasteiger charge is -2.47. The molecule has 0 heterocycles. The van der Waals surface area contributed by atoms with Gasteiger partial charge in [-0.15, -0.1) is 0 Å². The second-order valence-electron chi connectivity index (χ2n) is 17.3. The van der Waals surface area contributed by atoms with Crippen LogP contribution in [-0.4, -0.2) is 49.2 Å². The number of methoxy groups -OCH3 is 1. The quantitative estimate of drug-likeness (QED) is 0.0892. The third-order valence-corrected chi connectivity index (χ3v) is 20.7. The highest BCUT2D eigenvalue weighted by Crippen LogP contribution is 2.40. The molecule has 0 saturated carbocycles. The van der Waals surface area contributed by atoms with Crippen molar-refractivity contribution in [2.24, 2.45) is 11.8 Å². The number of rotatable bonds is 19. The molecule has 0 N–H and O–H groups in total. The van der Waals surface area contributed by atoms with Gasteiger partial charge in [-0.25, -0.2) is 0 Å². The Morgan fingerprint density at radius 2 is 1.06 bits per heavy atom. The van der Waals surface area contributed by atoms with Crippen molar-refractivity contribution >= 4 is 27.0 Å². The van der Waals surface area contributed by atoms with Gasteiger partial charge in [0, 0.05) is 18.4 Å². The summed E-state index contributed by atoms with van der Waals surface area (Å²) in [6.07, 6.45) is 0.424. The molecule has 4 aromatic carbocycles. The predicted octanol–water partition coefficient (Wildman–Crippen LogP) is 10.4. The van der Waals surface area contributed by atoms with E-state index in [0.29, 0.717) is 32.8 Å². The van der Waals surface area contributed by atoms with Crippen molar-refractivity contribution in [1.29, 1.82) is 0 Å². The van der Waals surface area contributed by atoms with E-state index in [0.717, 1.165) is 11.3 Å². The SMILES string of the molecule is COc1ccc(CO[C@@H](C[C@H](O[Si](c2ccccc2)(c2ccccc2)C(C)(C)C)[C@H](C)COCc2ccccc2)[C@@H](C)CO[Si](C)(C)C(C)(C)C)cc1. The fourth-order valence-electron chi connectivity index (χ4n) is 6.64. The molecule has 0 fully saturated rings. The lowest BCUT2D eigenvalue weighted by Crippen LogP contribution is -2.68. The number of hydrogen-bond acceptors (Lipinski definition) is 5. The zero-order chi connectivity index (χ0) is 38.7. The first-order valence-electron chi connectivity index (χ1n) is 19.4. The van der Waals surface area contributed by atoms with E-state index in [1.165, 1.54) is 15.9 Å². The first-order valence-corrected chi connectivity index (χ1v) is 24.2. The molecule has 288 valence electrons. The summed E-state index contributed by atoms with van der Waals surface area (Å²) in [6, 6.07) is 40.5. The van der Waals surface area contributed by atoms with Crippen LogP contribution in [0.2, 0.25) is 23.2 Å². The molecule has 0 aliphatic heterocycles. The summed E-state index contributed by atoms with van der Waals surface area (Å²) in [5.74, 6) is 1.05. The molecule has 0 radical (unpaired) electrons. The van der Waals surface area contributed by atoms with Crippen LogP contribution in [0.3, 0.4) is 0 Å². The Balaban J connectivity index is 1.75. The average Bonchev–Trinajstić information content (AvgIpc) is 3.14. The van der Waals surface area contributed by atoms with Crippen molar-refractivity contribution in [2.45, 2.75) is 110 Å². The van der Waals surface area contributed by atoms with Crippen LogP contribution in [0, 0.1) is 11.8 Å². The number of hydrogen-bond donors (Lipinski definition) is 0. The molecule has 0 bridgehead atoms. The highest BCUT2D eigenvalue weighted by atomic mass is 28.4. The van der Waals surface area contributed by atoms with Gasteiger partial charge in [0.1, 0.15) is 5.75 Å². The van der Waals surface area contributed by atoms with Crippen LogP contribution in [0.5, 0.6) is 5.75 Å². The van der Waals surface area contributed by atoms with E-state index in [4.69, 9.17) is 23.1 Å². The Hall–Kier alpha value is -3.05. The summed E-state index contributed by atoms with van der Waals surface area (Å²) in [4.78, 5) is 0. The Morgan fingerprint density at radius 3 is 1.55 bits per heavy atom. The average molecular weight is 755 g/mol. The lowest BCUT2D eigenvalue weighted by molar-refractivity contribution is -0.0505. The van der Waals surface area contributed by atoms with Gasteiger partial charge in [0.25, 0.3) is 8.32 Å². The standard InChI is InChI=1S/C46H66O5Si2/c1-36(32-48-34-38-21-15-12-16-22-38)44(51-53(46(6,7)8,41-23-17-13-18-24-41)42-25-19-14-20-26-42)31-43(37(2)33-50-52(10,11)45(3,4)5)49-35-39-27-29-40(47-9)30-28-39/h12-30,36-37,43-44H,31-35H2,1-11H3/t36-,37+,43+,44+/m1/s1. The highest BCUT2D eigenvalue weighted by molar-refractivity contribution is 6.99. The third-order valence-electron chi connectivity index (χ3n) is 11.1. The summed E-state index contributed by atoms with van der Waals surface area (Å²) in [6.45, 7) is 25.4. The van der Waals surface area contributed by atoms with Gasteiger partial charge in [0.15, 0.2) is 8.32 Å². The van der Waals surface area contributed by atoms with Crippen LogP contribution in [0.1, 0.15) is 72.9 Å². The van der Waals surface area contributed by atoms with Gasteiger partial charge in [-0.1, -0.05) is 159 Å². The van der Waals surface area contributed by atoms with Crippen molar-refractivity contribution in [1.82, 2.24) is 0 Å².